The summed E-state index contributed by atoms with van der Waals surface area (Å²) in [4.78, 5) is 37.4. The summed E-state index contributed by atoms with van der Waals surface area (Å²) in [6.45, 7) is 1.97. The summed E-state index contributed by atoms with van der Waals surface area (Å²) in [5.74, 6) is 1.22. The van der Waals surface area contributed by atoms with Gasteiger partial charge in [0.1, 0.15) is 0 Å². The molecule has 0 saturated carbocycles. The normalized spacial score (nSPS) is 25.0. The van der Waals surface area contributed by atoms with Crippen LogP contribution in [0, 0.1) is 0 Å². The van der Waals surface area contributed by atoms with E-state index < -0.39 is 20.7 Å². The number of rotatable bonds is 3. The van der Waals surface area contributed by atoms with Crippen molar-refractivity contribution < 1.29 is 28.7 Å². The van der Waals surface area contributed by atoms with Crippen LogP contribution in [0.25, 0.3) is 0 Å². The van der Waals surface area contributed by atoms with E-state index in [4.69, 9.17) is 19.6 Å². The Morgan fingerprint density at radius 1 is 1.25 bits per heavy atom. The SMILES string of the molecule is CC1CSCCN1C(P(=O)(O)O)P(=O)(O)O. The van der Waals surface area contributed by atoms with Crippen LogP contribution in [0.15, 0.2) is 0 Å². The van der Waals surface area contributed by atoms with Crippen LogP contribution < -0.4 is 0 Å². The molecule has 10 heteroatoms. The number of hydrogen-bond acceptors (Lipinski definition) is 4. The Morgan fingerprint density at radius 3 is 2.12 bits per heavy atom. The van der Waals surface area contributed by atoms with E-state index >= 15 is 0 Å². The summed E-state index contributed by atoms with van der Waals surface area (Å²) in [7, 11) is -9.70. The molecular weight excluding hydrogens is 276 g/mol. The minimum atomic E-state index is -4.85. The molecule has 1 aliphatic heterocycles. The molecule has 1 fully saturated rings. The van der Waals surface area contributed by atoms with Crippen LogP contribution in [0.3, 0.4) is 0 Å². The van der Waals surface area contributed by atoms with Gasteiger partial charge in [-0.3, -0.25) is 14.0 Å². The fourth-order valence-corrected chi connectivity index (χ4v) is 5.73. The summed E-state index contributed by atoms with van der Waals surface area (Å²) in [6.07, 6.45) is 0. The molecule has 0 spiro atoms. The van der Waals surface area contributed by atoms with Crippen molar-refractivity contribution in [1.29, 1.82) is 0 Å². The van der Waals surface area contributed by atoms with Gasteiger partial charge in [0.05, 0.1) is 0 Å². The first-order chi connectivity index (χ1) is 7.14. The van der Waals surface area contributed by atoms with Gasteiger partial charge in [-0.1, -0.05) is 0 Å². The topological polar surface area (TPSA) is 118 Å². The Bertz CT molecular complexity index is 318. The molecule has 0 amide bonds. The van der Waals surface area contributed by atoms with Gasteiger partial charge >= 0.3 is 15.2 Å². The Balaban J connectivity index is 3.02. The molecule has 7 nitrogen and oxygen atoms in total. The number of thioether (sulfide) groups is 1. The molecule has 0 aliphatic carbocycles. The highest BCUT2D eigenvalue weighted by Crippen LogP contribution is 2.61. The lowest BCUT2D eigenvalue weighted by Gasteiger charge is -2.38. The van der Waals surface area contributed by atoms with E-state index in [1.165, 1.54) is 4.90 Å². The maximum Gasteiger partial charge on any atom is 0.354 e. The van der Waals surface area contributed by atoms with Crippen molar-refractivity contribution in [2.75, 3.05) is 18.1 Å². The van der Waals surface area contributed by atoms with Crippen LogP contribution in [-0.2, 0) is 9.13 Å². The fourth-order valence-electron chi connectivity index (χ4n) is 1.67. The van der Waals surface area contributed by atoms with E-state index in [9.17, 15) is 9.13 Å². The molecule has 16 heavy (non-hydrogen) atoms. The first-order valence-electron chi connectivity index (χ1n) is 4.58. The number of hydrogen-bond donors (Lipinski definition) is 4. The molecule has 1 aliphatic rings. The molecule has 0 aromatic carbocycles. The van der Waals surface area contributed by atoms with Crippen LogP contribution in [-0.4, -0.2) is 54.1 Å². The number of nitrogens with zero attached hydrogens (tertiary/aromatic N) is 1. The van der Waals surface area contributed by atoms with Crippen molar-refractivity contribution in [3.8, 4) is 0 Å². The minimum absolute atomic E-state index is 0.260. The zero-order chi connectivity index (χ0) is 12.6. The Hall–Kier alpha value is 0.610. The highest BCUT2D eigenvalue weighted by molar-refractivity contribution is 7.99. The van der Waals surface area contributed by atoms with Gasteiger partial charge in [-0.05, 0) is 6.92 Å². The third-order valence-electron chi connectivity index (χ3n) is 2.32. The second kappa shape index (κ2) is 5.08. The average Bonchev–Trinajstić information content (AvgIpc) is 2.03. The van der Waals surface area contributed by atoms with E-state index in [1.54, 1.807) is 18.7 Å². The third-order valence-corrected chi connectivity index (χ3v) is 7.11. The zero-order valence-electron chi connectivity index (χ0n) is 8.63. The highest BCUT2D eigenvalue weighted by Gasteiger charge is 2.49. The molecule has 0 bridgehead atoms. The second-order valence-corrected chi connectivity index (χ2v) is 8.58. The molecule has 4 N–H and O–H groups in total. The van der Waals surface area contributed by atoms with Crippen molar-refractivity contribution in [3.05, 3.63) is 0 Å². The van der Waals surface area contributed by atoms with E-state index in [0.29, 0.717) is 11.5 Å². The monoisotopic (exact) mass is 291 g/mol. The summed E-state index contributed by atoms with van der Waals surface area (Å²) in [5, 5.41) is 0. The van der Waals surface area contributed by atoms with Gasteiger partial charge in [-0.2, -0.15) is 11.8 Å². The van der Waals surface area contributed by atoms with Gasteiger partial charge in [0.2, 0.25) is 5.52 Å². The first-order valence-corrected chi connectivity index (χ1v) is 9.09. The summed E-state index contributed by atoms with van der Waals surface area (Å²) >= 11 is 1.60. The van der Waals surface area contributed by atoms with Crippen molar-refractivity contribution in [2.45, 2.75) is 18.5 Å². The van der Waals surface area contributed by atoms with E-state index in [1.807, 2.05) is 0 Å². The quantitative estimate of drug-likeness (QED) is 0.539. The molecule has 1 heterocycles. The summed E-state index contributed by atoms with van der Waals surface area (Å²) in [6, 6.07) is -0.260. The maximum atomic E-state index is 11.2. The van der Waals surface area contributed by atoms with Crippen LogP contribution in [0.2, 0.25) is 0 Å². The van der Waals surface area contributed by atoms with Gasteiger partial charge in [0.25, 0.3) is 0 Å². The van der Waals surface area contributed by atoms with Crippen molar-refractivity contribution in [3.63, 3.8) is 0 Å². The smallest absolute Gasteiger partial charge is 0.323 e. The Kier molecular flexibility index (Phi) is 4.66. The van der Waals surface area contributed by atoms with Gasteiger partial charge in [-0.25, -0.2) is 0 Å². The summed E-state index contributed by atoms with van der Waals surface area (Å²) < 4.78 is 22.4. The minimum Gasteiger partial charge on any atom is -0.323 e. The molecule has 1 atom stereocenters. The lowest BCUT2D eigenvalue weighted by molar-refractivity contribution is 0.197. The van der Waals surface area contributed by atoms with Crippen molar-refractivity contribution in [2.24, 2.45) is 0 Å². The summed E-state index contributed by atoms with van der Waals surface area (Å²) in [5.41, 5.74) is -2.00. The van der Waals surface area contributed by atoms with Gasteiger partial charge < -0.3 is 19.6 Å². The predicted molar refractivity (Wildman–Crippen MR) is 61.4 cm³/mol. The van der Waals surface area contributed by atoms with Crippen LogP contribution in [0.4, 0.5) is 0 Å². The average molecular weight is 291 g/mol. The van der Waals surface area contributed by atoms with E-state index in [2.05, 4.69) is 0 Å². The zero-order valence-corrected chi connectivity index (χ0v) is 11.2. The third kappa shape index (κ3) is 3.55. The van der Waals surface area contributed by atoms with Gasteiger partial charge in [0.15, 0.2) is 0 Å². The standard InChI is InChI=1S/C6H15NO6P2S/c1-5-4-16-3-2-7(5)6(14(8,9)10)15(11,12)13/h5-6H,2-4H2,1H3,(H2,8,9,10)(H2,11,12,13). The molecule has 0 aromatic heterocycles. The molecule has 96 valence electrons. The molecule has 1 rings (SSSR count). The molecule has 1 unspecified atom stereocenters. The van der Waals surface area contributed by atoms with Crippen molar-refractivity contribution >= 4 is 27.0 Å². The molecule has 0 aromatic rings. The second-order valence-electron chi connectivity index (χ2n) is 3.69. The van der Waals surface area contributed by atoms with Crippen molar-refractivity contribution in [1.82, 2.24) is 4.90 Å². The molecule has 1 saturated heterocycles. The Labute approximate surface area is 97.5 Å². The molecule has 0 radical (unpaired) electrons. The fraction of sp³-hybridized carbons (Fsp3) is 1.00. The molecular formula is C6H15NO6P2S. The largest absolute Gasteiger partial charge is 0.354 e. The van der Waals surface area contributed by atoms with Gasteiger partial charge in [0, 0.05) is 24.1 Å². The Morgan fingerprint density at radius 2 is 1.75 bits per heavy atom. The van der Waals surface area contributed by atoms with Gasteiger partial charge in [-0.15, -0.1) is 0 Å². The van der Waals surface area contributed by atoms with Crippen LogP contribution >= 0.6 is 27.0 Å². The van der Waals surface area contributed by atoms with Crippen LogP contribution in [0.5, 0.6) is 0 Å². The first kappa shape index (κ1) is 14.7. The highest BCUT2D eigenvalue weighted by atomic mass is 32.2. The van der Waals surface area contributed by atoms with Crippen LogP contribution in [0.1, 0.15) is 6.92 Å². The van der Waals surface area contributed by atoms with E-state index in [0.717, 1.165) is 0 Å². The predicted octanol–water partition coefficient (Wildman–Crippen LogP) is 0.0627. The van der Waals surface area contributed by atoms with E-state index in [-0.39, 0.29) is 12.6 Å². The lowest BCUT2D eigenvalue weighted by Crippen LogP contribution is -2.46. The maximum absolute atomic E-state index is 11.2. The lowest BCUT2D eigenvalue weighted by atomic mass is 10.3.